The summed E-state index contributed by atoms with van der Waals surface area (Å²) in [6, 6.07) is 19.8. The lowest BCUT2D eigenvalue weighted by Crippen LogP contribution is -2.31. The zero-order valence-corrected chi connectivity index (χ0v) is 21.8. The predicted octanol–water partition coefficient (Wildman–Crippen LogP) is 5.46. The summed E-state index contributed by atoms with van der Waals surface area (Å²) in [5.74, 6) is 2.05. The molecule has 0 saturated carbocycles. The molecule has 0 bridgehead atoms. The normalized spacial score (nSPS) is 14.4. The molecule has 0 aliphatic carbocycles. The molecule has 0 saturated heterocycles. The molecule has 0 radical (unpaired) electrons. The molecule has 9 nitrogen and oxygen atoms in total. The van der Waals surface area contributed by atoms with Crippen molar-refractivity contribution in [1.82, 2.24) is 14.8 Å². The van der Waals surface area contributed by atoms with Crippen LogP contribution in [0.5, 0.6) is 17.2 Å². The van der Waals surface area contributed by atoms with Crippen LogP contribution in [-0.4, -0.2) is 34.9 Å². The molecule has 3 aromatic carbocycles. The van der Waals surface area contributed by atoms with Gasteiger partial charge in [-0.05, 0) is 54.4 Å². The first-order valence-corrected chi connectivity index (χ1v) is 12.2. The lowest BCUT2D eigenvalue weighted by atomic mass is 9.95. The van der Waals surface area contributed by atoms with Crippen molar-refractivity contribution in [2.24, 2.45) is 0 Å². The number of nitrogens with one attached hydrogen (secondary N) is 2. The first kappa shape index (κ1) is 25.2. The highest BCUT2D eigenvalue weighted by molar-refractivity contribution is 6.30. The van der Waals surface area contributed by atoms with Gasteiger partial charge in [-0.25, -0.2) is 4.68 Å². The first-order valence-electron chi connectivity index (χ1n) is 11.8. The van der Waals surface area contributed by atoms with Crippen LogP contribution in [-0.2, 0) is 11.4 Å². The summed E-state index contributed by atoms with van der Waals surface area (Å²) < 4.78 is 18.4. The molecule has 0 spiro atoms. The van der Waals surface area contributed by atoms with Crippen LogP contribution in [0, 0.1) is 0 Å². The fourth-order valence-electron chi connectivity index (χ4n) is 4.29. The molecule has 0 unspecified atom stereocenters. The van der Waals surface area contributed by atoms with E-state index < -0.39 is 6.04 Å². The van der Waals surface area contributed by atoms with Crippen LogP contribution in [0.15, 0.2) is 84.3 Å². The molecule has 10 heteroatoms. The number of methoxy groups -OCH3 is 2. The molecular weight excluding hydrogens is 506 g/mol. The van der Waals surface area contributed by atoms with Crippen molar-refractivity contribution in [3.8, 4) is 17.2 Å². The first-order chi connectivity index (χ1) is 18.5. The molecule has 1 aliphatic rings. The van der Waals surface area contributed by atoms with Crippen molar-refractivity contribution in [3.63, 3.8) is 0 Å². The average molecular weight is 532 g/mol. The van der Waals surface area contributed by atoms with Gasteiger partial charge in [-0.1, -0.05) is 35.9 Å². The number of anilines is 2. The summed E-state index contributed by atoms with van der Waals surface area (Å²) in [4.78, 5) is 18.0. The van der Waals surface area contributed by atoms with Gasteiger partial charge in [-0.3, -0.25) is 4.79 Å². The molecule has 2 heterocycles. The van der Waals surface area contributed by atoms with E-state index in [-0.39, 0.29) is 5.91 Å². The van der Waals surface area contributed by atoms with Crippen LogP contribution in [0.25, 0.3) is 0 Å². The van der Waals surface area contributed by atoms with Crippen molar-refractivity contribution in [3.05, 3.63) is 100 Å². The summed E-state index contributed by atoms with van der Waals surface area (Å²) in [6.45, 7) is 2.25. The fourth-order valence-corrected chi connectivity index (χ4v) is 4.41. The maximum Gasteiger partial charge on any atom is 0.255 e. The van der Waals surface area contributed by atoms with Crippen LogP contribution in [0.4, 0.5) is 11.6 Å². The summed E-state index contributed by atoms with van der Waals surface area (Å²) in [5, 5.41) is 11.2. The maximum atomic E-state index is 13.7. The highest BCUT2D eigenvalue weighted by atomic mass is 35.5. The van der Waals surface area contributed by atoms with Gasteiger partial charge in [0.05, 0.1) is 25.5 Å². The quantitative estimate of drug-likeness (QED) is 0.311. The van der Waals surface area contributed by atoms with E-state index in [9.17, 15) is 4.79 Å². The number of carbonyl (C=O) groups excluding carboxylic acids is 1. The summed E-state index contributed by atoms with van der Waals surface area (Å²) >= 11 is 5.97. The molecule has 1 aromatic heterocycles. The Morgan fingerprint density at radius 2 is 1.76 bits per heavy atom. The predicted molar refractivity (Wildman–Crippen MR) is 145 cm³/mol. The highest BCUT2D eigenvalue weighted by Crippen LogP contribution is 2.37. The van der Waals surface area contributed by atoms with E-state index >= 15 is 0 Å². The van der Waals surface area contributed by atoms with Gasteiger partial charge >= 0.3 is 0 Å². The van der Waals surface area contributed by atoms with E-state index in [2.05, 4.69) is 20.7 Å². The highest BCUT2D eigenvalue weighted by Gasteiger charge is 2.33. The Balaban J connectivity index is 1.42. The molecule has 38 heavy (non-hydrogen) atoms. The molecule has 0 fully saturated rings. The second-order valence-electron chi connectivity index (χ2n) is 8.60. The van der Waals surface area contributed by atoms with Gasteiger partial charge in [0.1, 0.15) is 36.2 Å². The monoisotopic (exact) mass is 531 g/mol. The van der Waals surface area contributed by atoms with Gasteiger partial charge in [-0.15, -0.1) is 0 Å². The number of amides is 1. The Morgan fingerprint density at radius 3 is 2.47 bits per heavy atom. The van der Waals surface area contributed by atoms with Crippen LogP contribution < -0.4 is 24.8 Å². The second kappa shape index (κ2) is 10.9. The third-order valence-corrected chi connectivity index (χ3v) is 6.46. The Hall–Kier alpha value is -4.50. The average Bonchev–Trinajstić information content (AvgIpc) is 3.40. The number of nitrogens with zero attached hydrogens (tertiary/aromatic N) is 3. The van der Waals surface area contributed by atoms with E-state index in [1.165, 1.54) is 6.33 Å². The number of rotatable bonds is 8. The Kier molecular flexibility index (Phi) is 7.19. The van der Waals surface area contributed by atoms with Crippen molar-refractivity contribution < 1.29 is 19.0 Å². The van der Waals surface area contributed by atoms with E-state index in [1.54, 1.807) is 37.1 Å². The molecular formula is C28H26ClN5O4. The van der Waals surface area contributed by atoms with Gasteiger partial charge in [-0.2, -0.15) is 10.1 Å². The zero-order chi connectivity index (χ0) is 26.6. The number of fused-ring (bicyclic) bond motifs is 1. The number of halogens is 1. The SMILES string of the molecule is COc1ccc(OC)c(NC(=O)C2=C(C)Nc3ncnn3[C@H]2c2ccc(OCc3ccc(Cl)cc3)cc2)c1. The third-order valence-electron chi connectivity index (χ3n) is 6.21. The topological polar surface area (TPSA) is 99.5 Å². The van der Waals surface area contributed by atoms with Gasteiger partial charge < -0.3 is 24.8 Å². The molecule has 194 valence electrons. The molecule has 1 aliphatic heterocycles. The van der Waals surface area contributed by atoms with Crippen molar-refractivity contribution in [2.45, 2.75) is 19.6 Å². The number of hydrogen-bond donors (Lipinski definition) is 2. The number of hydrogen-bond acceptors (Lipinski definition) is 7. The van der Waals surface area contributed by atoms with Crippen molar-refractivity contribution >= 4 is 29.1 Å². The number of ether oxygens (including phenoxy) is 3. The minimum Gasteiger partial charge on any atom is -0.497 e. The Bertz CT molecular complexity index is 1480. The molecule has 1 amide bonds. The maximum absolute atomic E-state index is 13.7. The number of allylic oxidation sites excluding steroid dienone is 1. The molecule has 2 N–H and O–H groups in total. The summed E-state index contributed by atoms with van der Waals surface area (Å²) in [5.41, 5.74) is 3.50. The van der Waals surface area contributed by atoms with Gasteiger partial charge in [0.25, 0.3) is 5.91 Å². The lowest BCUT2D eigenvalue weighted by Gasteiger charge is -2.29. The van der Waals surface area contributed by atoms with Crippen LogP contribution >= 0.6 is 11.6 Å². The van der Waals surface area contributed by atoms with Gasteiger partial charge in [0.15, 0.2) is 0 Å². The summed E-state index contributed by atoms with van der Waals surface area (Å²) in [7, 11) is 3.11. The van der Waals surface area contributed by atoms with Gasteiger partial charge in [0.2, 0.25) is 5.95 Å². The van der Waals surface area contributed by atoms with Gasteiger partial charge in [0, 0.05) is 16.8 Å². The minimum absolute atomic E-state index is 0.309. The number of carbonyl (C=O) groups is 1. The standard InChI is InChI=1S/C28H26ClN5O4/c1-17-25(27(35)33-23-14-22(36-2)12-13-24(23)37-3)26(34-28(32-17)30-16-31-34)19-6-10-21(11-7-19)38-15-18-4-8-20(29)9-5-18/h4-14,16,26H,15H2,1-3H3,(H,33,35)(H,30,31,32)/t26-/m0/s1. The van der Waals surface area contributed by atoms with Crippen LogP contribution in [0.1, 0.15) is 24.1 Å². The van der Waals surface area contributed by atoms with E-state index in [4.69, 9.17) is 25.8 Å². The fraction of sp³-hybridized carbons (Fsp3) is 0.179. The Labute approximate surface area is 225 Å². The third kappa shape index (κ3) is 5.14. The second-order valence-corrected chi connectivity index (χ2v) is 9.04. The molecule has 1 atom stereocenters. The lowest BCUT2D eigenvalue weighted by molar-refractivity contribution is -0.113. The van der Waals surface area contributed by atoms with E-state index in [1.807, 2.05) is 55.5 Å². The van der Waals surface area contributed by atoms with E-state index in [0.717, 1.165) is 11.1 Å². The molecule has 4 aromatic rings. The van der Waals surface area contributed by atoms with Crippen molar-refractivity contribution in [2.75, 3.05) is 24.9 Å². The van der Waals surface area contributed by atoms with Crippen molar-refractivity contribution in [1.29, 1.82) is 0 Å². The van der Waals surface area contributed by atoms with Crippen LogP contribution in [0.3, 0.4) is 0 Å². The molecule has 5 rings (SSSR count). The minimum atomic E-state index is -0.518. The van der Waals surface area contributed by atoms with E-state index in [0.29, 0.717) is 51.8 Å². The smallest absolute Gasteiger partial charge is 0.255 e. The Morgan fingerprint density at radius 1 is 1.03 bits per heavy atom. The zero-order valence-electron chi connectivity index (χ0n) is 21.1. The number of benzene rings is 3. The van der Waals surface area contributed by atoms with Crippen LogP contribution in [0.2, 0.25) is 5.02 Å². The summed E-state index contributed by atoms with van der Waals surface area (Å²) in [6.07, 6.45) is 1.46. The largest absolute Gasteiger partial charge is 0.497 e. The number of aromatic nitrogens is 3.